The highest BCUT2D eigenvalue weighted by Crippen LogP contribution is 2.45. The van der Waals surface area contributed by atoms with Crippen LogP contribution in [0.25, 0.3) is 27.5 Å². The molecule has 2 aliphatic rings. The minimum absolute atomic E-state index is 0.0159. The first-order valence-corrected chi connectivity index (χ1v) is 19.3. The van der Waals surface area contributed by atoms with E-state index in [1.54, 1.807) is 0 Å². The van der Waals surface area contributed by atoms with Gasteiger partial charge in [0.1, 0.15) is 11.5 Å². The molecule has 2 nitrogen and oxygen atoms in total. The number of rotatable bonds is 1. The monoisotopic (exact) mass is 685 g/mol. The van der Waals surface area contributed by atoms with Gasteiger partial charge in [0.05, 0.1) is 11.0 Å². The van der Waals surface area contributed by atoms with Gasteiger partial charge in [0, 0.05) is 21.9 Å². The molecular formula is C49H56BNO. The second-order valence-corrected chi connectivity index (χ2v) is 20.4. The first-order valence-electron chi connectivity index (χ1n) is 19.3. The van der Waals surface area contributed by atoms with Crippen LogP contribution in [-0.2, 0) is 27.1 Å². The average Bonchev–Trinajstić information content (AvgIpc) is 3.37. The summed E-state index contributed by atoms with van der Waals surface area (Å²) in [5.41, 5.74) is 15.9. The van der Waals surface area contributed by atoms with Crippen molar-refractivity contribution in [3.63, 3.8) is 0 Å². The van der Waals surface area contributed by atoms with E-state index in [1.165, 1.54) is 77.3 Å². The van der Waals surface area contributed by atoms with E-state index < -0.39 is 0 Å². The van der Waals surface area contributed by atoms with Gasteiger partial charge < -0.3 is 9.30 Å². The van der Waals surface area contributed by atoms with Gasteiger partial charge in [-0.25, -0.2) is 0 Å². The Morgan fingerprint density at radius 2 is 1.04 bits per heavy atom. The van der Waals surface area contributed by atoms with Gasteiger partial charge in [0.25, 0.3) is 6.71 Å². The lowest BCUT2D eigenvalue weighted by Gasteiger charge is -2.45. The van der Waals surface area contributed by atoms with Crippen molar-refractivity contribution in [2.45, 2.75) is 124 Å². The van der Waals surface area contributed by atoms with E-state index in [4.69, 9.17) is 4.74 Å². The van der Waals surface area contributed by atoms with Gasteiger partial charge >= 0.3 is 0 Å². The third kappa shape index (κ3) is 5.20. The van der Waals surface area contributed by atoms with E-state index in [-0.39, 0.29) is 33.8 Å². The van der Waals surface area contributed by atoms with Crippen LogP contribution in [0.15, 0.2) is 84.9 Å². The smallest absolute Gasteiger partial charge is 0.251 e. The molecule has 0 saturated carbocycles. The van der Waals surface area contributed by atoms with Crippen LogP contribution in [0, 0.1) is 0 Å². The van der Waals surface area contributed by atoms with Crippen molar-refractivity contribution in [2.75, 3.05) is 0 Å². The fourth-order valence-corrected chi connectivity index (χ4v) is 9.07. The normalized spacial score (nSPS) is 15.4. The molecule has 52 heavy (non-hydrogen) atoms. The molecule has 0 fully saturated rings. The molecule has 2 aliphatic heterocycles. The Morgan fingerprint density at radius 3 is 1.58 bits per heavy atom. The number of hydrogen-bond acceptors (Lipinski definition) is 1. The van der Waals surface area contributed by atoms with Crippen molar-refractivity contribution in [2.24, 2.45) is 0 Å². The van der Waals surface area contributed by atoms with Crippen LogP contribution in [0.5, 0.6) is 11.5 Å². The van der Waals surface area contributed by atoms with Gasteiger partial charge in [0.15, 0.2) is 0 Å². The lowest BCUT2D eigenvalue weighted by atomic mass is 9.30. The predicted octanol–water partition coefficient (Wildman–Crippen LogP) is 11.2. The molecular weight excluding hydrogens is 629 g/mol. The van der Waals surface area contributed by atoms with Gasteiger partial charge in [0.2, 0.25) is 0 Å². The number of hydrogen-bond donors (Lipinski definition) is 0. The molecule has 8 rings (SSSR count). The molecule has 3 heteroatoms. The van der Waals surface area contributed by atoms with E-state index in [0.29, 0.717) is 0 Å². The zero-order valence-electron chi connectivity index (χ0n) is 34.0. The zero-order valence-corrected chi connectivity index (χ0v) is 34.0. The average molecular weight is 686 g/mol. The van der Waals surface area contributed by atoms with Crippen LogP contribution in [0.2, 0.25) is 0 Å². The Labute approximate surface area is 312 Å². The first-order chi connectivity index (χ1) is 24.1. The van der Waals surface area contributed by atoms with Crippen molar-refractivity contribution in [3.8, 4) is 17.2 Å². The molecule has 3 heterocycles. The first kappa shape index (κ1) is 34.8. The standard InChI is InChI=1S/C49H56BNO/c1-45(2,3)29-15-21-39-33(25-29)34-26-30(46(4,5)6)16-22-40(34)51(39)32-18-19-35-37(28-32)50-38-27-31(47(7,8)9)17-23-41(38)52-42-24-20-36(48(10,11)12)43(44(42)50)49(35,13)14/h15-28H,1-14H3. The van der Waals surface area contributed by atoms with Crippen molar-refractivity contribution >= 4 is 44.9 Å². The van der Waals surface area contributed by atoms with E-state index in [0.717, 1.165) is 11.5 Å². The van der Waals surface area contributed by atoms with Crippen LogP contribution in [-0.4, -0.2) is 11.3 Å². The van der Waals surface area contributed by atoms with Crippen molar-refractivity contribution in [1.82, 2.24) is 4.57 Å². The number of fused-ring (bicyclic) bond motifs is 7. The summed E-state index contributed by atoms with van der Waals surface area (Å²) < 4.78 is 9.38. The second kappa shape index (κ2) is 10.9. The maximum Gasteiger partial charge on any atom is 0.251 e. The van der Waals surface area contributed by atoms with E-state index in [9.17, 15) is 0 Å². The molecule has 0 unspecified atom stereocenters. The minimum atomic E-state index is -0.217. The molecule has 0 aliphatic carbocycles. The lowest BCUT2D eigenvalue weighted by molar-refractivity contribution is 0.479. The number of ether oxygens (including phenoxy) is 1. The highest BCUT2D eigenvalue weighted by Gasteiger charge is 2.47. The van der Waals surface area contributed by atoms with Gasteiger partial charge in [-0.15, -0.1) is 0 Å². The molecule has 0 saturated heterocycles. The van der Waals surface area contributed by atoms with Crippen molar-refractivity contribution < 1.29 is 4.74 Å². The summed E-state index contributed by atoms with van der Waals surface area (Å²) in [6, 6.07) is 33.1. The summed E-state index contributed by atoms with van der Waals surface area (Å²) >= 11 is 0. The van der Waals surface area contributed by atoms with Crippen LogP contribution in [0.4, 0.5) is 0 Å². The summed E-state index contributed by atoms with van der Waals surface area (Å²) in [7, 11) is 0. The fourth-order valence-electron chi connectivity index (χ4n) is 9.07. The van der Waals surface area contributed by atoms with E-state index in [1.807, 2.05) is 0 Å². The highest BCUT2D eigenvalue weighted by atomic mass is 16.5. The minimum Gasteiger partial charge on any atom is -0.458 e. The summed E-state index contributed by atoms with van der Waals surface area (Å²) in [6.45, 7) is 32.8. The maximum atomic E-state index is 6.86. The largest absolute Gasteiger partial charge is 0.458 e. The fraction of sp³-hybridized carbons (Fsp3) is 0.388. The highest BCUT2D eigenvalue weighted by molar-refractivity contribution is 6.98. The summed E-state index contributed by atoms with van der Waals surface area (Å²) in [5.74, 6) is 1.96. The number of aromatic nitrogens is 1. The molecule has 6 aromatic rings. The van der Waals surface area contributed by atoms with E-state index >= 15 is 0 Å². The summed E-state index contributed by atoms with van der Waals surface area (Å²) in [5, 5.41) is 2.64. The predicted molar refractivity (Wildman–Crippen MR) is 225 cm³/mol. The molecule has 0 atom stereocenters. The summed E-state index contributed by atoms with van der Waals surface area (Å²) in [6.07, 6.45) is 0. The topological polar surface area (TPSA) is 14.2 Å². The Bertz CT molecular complexity index is 2370. The zero-order chi connectivity index (χ0) is 37.5. The molecule has 1 aromatic heterocycles. The third-order valence-electron chi connectivity index (χ3n) is 12.1. The van der Waals surface area contributed by atoms with Crippen molar-refractivity contribution in [1.29, 1.82) is 0 Å². The van der Waals surface area contributed by atoms with Gasteiger partial charge in [-0.3, -0.25) is 0 Å². The quantitative estimate of drug-likeness (QED) is 0.157. The maximum absolute atomic E-state index is 6.86. The Balaban J connectivity index is 1.45. The molecule has 0 spiro atoms. The molecule has 266 valence electrons. The van der Waals surface area contributed by atoms with Crippen LogP contribution >= 0.6 is 0 Å². The van der Waals surface area contributed by atoms with Gasteiger partial charge in [-0.2, -0.15) is 0 Å². The molecule has 0 radical (unpaired) electrons. The van der Waals surface area contributed by atoms with E-state index in [2.05, 4.69) is 186 Å². The van der Waals surface area contributed by atoms with Crippen LogP contribution in [0.3, 0.4) is 0 Å². The molecule has 0 bridgehead atoms. The lowest BCUT2D eigenvalue weighted by Crippen LogP contribution is -2.63. The summed E-state index contributed by atoms with van der Waals surface area (Å²) in [4.78, 5) is 0. The third-order valence-corrected chi connectivity index (χ3v) is 12.1. The van der Waals surface area contributed by atoms with Crippen molar-refractivity contribution in [3.05, 3.63) is 118 Å². The van der Waals surface area contributed by atoms with Crippen LogP contribution < -0.4 is 21.1 Å². The SMILES string of the molecule is CC(C)(C)c1ccc2c(c1)B1c3cc(-n4c5ccc(C(C)(C)C)cc5c5cc(C(C)(C)C)ccc54)ccc3C(C)(C)c3c(C(C)(C)C)ccc(c31)O2. The molecule has 0 amide bonds. The second-order valence-electron chi connectivity index (χ2n) is 20.4. The van der Waals surface area contributed by atoms with Crippen LogP contribution in [0.1, 0.15) is 130 Å². The number of nitrogens with zero attached hydrogens (tertiary/aromatic N) is 1. The number of benzene rings is 5. The Kier molecular flexibility index (Phi) is 7.31. The Hall–Kier alpha value is -4.24. The Morgan fingerprint density at radius 1 is 0.519 bits per heavy atom. The van der Waals surface area contributed by atoms with Gasteiger partial charge in [-0.1, -0.05) is 139 Å². The van der Waals surface area contributed by atoms with Gasteiger partial charge in [-0.05, 0) is 114 Å². The molecule has 5 aromatic carbocycles. The molecule has 0 N–H and O–H groups in total.